The van der Waals surface area contributed by atoms with E-state index in [4.69, 9.17) is 0 Å². The lowest BCUT2D eigenvalue weighted by molar-refractivity contribution is -0.142. The van der Waals surface area contributed by atoms with Gasteiger partial charge in [0.15, 0.2) is 0 Å². The van der Waals surface area contributed by atoms with Crippen molar-refractivity contribution in [3.05, 3.63) is 40.4 Å². The molecule has 1 atom stereocenters. The predicted octanol–water partition coefficient (Wildman–Crippen LogP) is 2.74. The van der Waals surface area contributed by atoms with E-state index in [2.05, 4.69) is 16.9 Å². The van der Waals surface area contributed by atoms with Gasteiger partial charge < -0.3 is 14.8 Å². The van der Waals surface area contributed by atoms with E-state index < -0.39 is 0 Å². The van der Waals surface area contributed by atoms with Crippen molar-refractivity contribution >= 4 is 22.7 Å². The maximum atomic E-state index is 12.8. The van der Waals surface area contributed by atoms with Gasteiger partial charge >= 0.3 is 0 Å². The molecular formula is C24H32N4O3. The van der Waals surface area contributed by atoms with Crippen LogP contribution in [-0.2, 0) is 16.0 Å². The van der Waals surface area contributed by atoms with Crippen LogP contribution in [0.2, 0.25) is 0 Å². The van der Waals surface area contributed by atoms with Crippen LogP contribution in [0.25, 0.3) is 10.9 Å². The van der Waals surface area contributed by atoms with Crippen molar-refractivity contribution in [2.75, 3.05) is 26.2 Å². The maximum Gasteiger partial charge on any atom is 0.258 e. The molecule has 2 aliphatic rings. The molecule has 166 valence electrons. The fourth-order valence-electron chi connectivity index (χ4n) is 4.84. The highest BCUT2D eigenvalue weighted by Crippen LogP contribution is 2.24. The minimum atomic E-state index is -0.137. The Morgan fingerprint density at radius 3 is 2.65 bits per heavy atom. The summed E-state index contributed by atoms with van der Waals surface area (Å²) in [5.74, 6) is 1.68. The second-order valence-corrected chi connectivity index (χ2v) is 9.07. The summed E-state index contributed by atoms with van der Waals surface area (Å²) in [4.78, 5) is 48.8. The number of piperidine rings is 2. The van der Waals surface area contributed by atoms with Crippen LogP contribution in [0.3, 0.4) is 0 Å². The molecule has 0 radical (unpaired) electrons. The number of aromatic nitrogens is 2. The largest absolute Gasteiger partial charge is 0.343 e. The van der Waals surface area contributed by atoms with E-state index in [1.54, 1.807) is 6.07 Å². The minimum Gasteiger partial charge on any atom is -0.343 e. The molecule has 1 N–H and O–H groups in total. The third-order valence-electron chi connectivity index (χ3n) is 6.63. The molecule has 2 saturated heterocycles. The molecule has 1 unspecified atom stereocenters. The number of carbonyl (C=O) groups is 2. The summed E-state index contributed by atoms with van der Waals surface area (Å²) < 4.78 is 0. The molecule has 2 aliphatic heterocycles. The zero-order valence-corrected chi connectivity index (χ0v) is 18.3. The number of H-pyrrole nitrogens is 1. The summed E-state index contributed by atoms with van der Waals surface area (Å²) in [7, 11) is 0. The van der Waals surface area contributed by atoms with Gasteiger partial charge in [0, 0.05) is 44.9 Å². The fraction of sp³-hybridized carbons (Fsp3) is 0.583. The Hall–Kier alpha value is -2.70. The number of hydrogen-bond acceptors (Lipinski definition) is 4. The van der Waals surface area contributed by atoms with Crippen LogP contribution in [0.15, 0.2) is 29.1 Å². The molecule has 1 aromatic carbocycles. The molecule has 0 aliphatic carbocycles. The van der Waals surface area contributed by atoms with E-state index in [0.717, 1.165) is 32.4 Å². The van der Waals surface area contributed by atoms with E-state index in [1.807, 2.05) is 28.0 Å². The van der Waals surface area contributed by atoms with Gasteiger partial charge in [-0.25, -0.2) is 4.98 Å². The van der Waals surface area contributed by atoms with Gasteiger partial charge in [-0.1, -0.05) is 19.1 Å². The summed E-state index contributed by atoms with van der Waals surface area (Å²) in [6.45, 7) is 5.28. The number of nitrogens with one attached hydrogen (secondary N) is 1. The molecule has 0 saturated carbocycles. The summed E-state index contributed by atoms with van der Waals surface area (Å²) in [6.07, 6.45) is 5.46. The van der Waals surface area contributed by atoms with Gasteiger partial charge in [0.1, 0.15) is 5.82 Å². The summed E-state index contributed by atoms with van der Waals surface area (Å²) >= 11 is 0. The highest BCUT2D eigenvalue weighted by atomic mass is 16.2. The maximum absolute atomic E-state index is 12.8. The number of rotatable bonds is 5. The lowest BCUT2D eigenvalue weighted by Gasteiger charge is -2.37. The number of aromatic amines is 1. The second-order valence-electron chi connectivity index (χ2n) is 9.07. The highest BCUT2D eigenvalue weighted by molar-refractivity contribution is 5.80. The van der Waals surface area contributed by atoms with E-state index >= 15 is 0 Å². The smallest absolute Gasteiger partial charge is 0.258 e. The van der Waals surface area contributed by atoms with Crippen LogP contribution >= 0.6 is 0 Å². The Balaban J connectivity index is 1.23. The van der Waals surface area contributed by atoms with E-state index in [0.29, 0.717) is 55.0 Å². The van der Waals surface area contributed by atoms with Crippen molar-refractivity contribution in [3.8, 4) is 0 Å². The molecule has 2 amide bonds. The molecule has 7 nitrogen and oxygen atoms in total. The number of hydrogen-bond donors (Lipinski definition) is 1. The number of fused-ring (bicyclic) bond motifs is 1. The zero-order chi connectivity index (χ0) is 21.8. The van der Waals surface area contributed by atoms with Crippen LogP contribution in [-0.4, -0.2) is 57.8 Å². The first kappa shape index (κ1) is 21.5. The van der Waals surface area contributed by atoms with Crippen LogP contribution in [0.1, 0.15) is 51.3 Å². The molecular weight excluding hydrogens is 392 g/mol. The van der Waals surface area contributed by atoms with Gasteiger partial charge in [0.05, 0.1) is 10.9 Å². The normalized spacial score (nSPS) is 20.2. The van der Waals surface area contributed by atoms with Crippen LogP contribution in [0.5, 0.6) is 0 Å². The summed E-state index contributed by atoms with van der Waals surface area (Å²) in [6, 6.07) is 7.27. The number of benzene rings is 1. The molecule has 2 aromatic rings. The van der Waals surface area contributed by atoms with E-state index in [1.165, 1.54) is 6.42 Å². The van der Waals surface area contributed by atoms with Crippen LogP contribution in [0.4, 0.5) is 0 Å². The van der Waals surface area contributed by atoms with Crippen molar-refractivity contribution in [3.63, 3.8) is 0 Å². The predicted molar refractivity (Wildman–Crippen MR) is 120 cm³/mol. The number of likely N-dealkylation sites (tertiary alicyclic amines) is 2. The minimum absolute atomic E-state index is 0.0567. The average molecular weight is 425 g/mol. The van der Waals surface area contributed by atoms with Crippen molar-refractivity contribution in [2.24, 2.45) is 11.8 Å². The van der Waals surface area contributed by atoms with Gasteiger partial charge in [0.2, 0.25) is 11.8 Å². The fourth-order valence-corrected chi connectivity index (χ4v) is 4.84. The van der Waals surface area contributed by atoms with Crippen molar-refractivity contribution in [1.82, 2.24) is 19.8 Å². The number of para-hydroxylation sites is 1. The first-order valence-electron chi connectivity index (χ1n) is 11.6. The Kier molecular flexibility index (Phi) is 6.68. The van der Waals surface area contributed by atoms with Gasteiger partial charge in [0.25, 0.3) is 5.56 Å². The molecule has 7 heteroatoms. The molecule has 0 spiro atoms. The lowest BCUT2D eigenvalue weighted by atomic mass is 9.92. The van der Waals surface area contributed by atoms with Gasteiger partial charge in [-0.15, -0.1) is 0 Å². The standard InChI is InChI=1S/C24H32N4O3/c1-17-6-5-13-28(16-17)24(31)18-11-14-27(15-12-18)22(29)10-4-9-21-25-20-8-3-2-7-19(20)23(30)26-21/h2-3,7-8,17-18H,4-6,9-16H2,1H3,(H,25,26,30). The van der Waals surface area contributed by atoms with Gasteiger partial charge in [-0.2, -0.15) is 0 Å². The van der Waals surface area contributed by atoms with Gasteiger partial charge in [-0.3, -0.25) is 14.4 Å². The lowest BCUT2D eigenvalue weighted by Crippen LogP contribution is -2.46. The first-order chi connectivity index (χ1) is 15.0. The Labute approximate surface area is 182 Å². The topological polar surface area (TPSA) is 86.4 Å². The van der Waals surface area contributed by atoms with Crippen molar-refractivity contribution < 1.29 is 9.59 Å². The molecule has 0 bridgehead atoms. The van der Waals surface area contributed by atoms with Crippen molar-refractivity contribution in [1.29, 1.82) is 0 Å². The Morgan fingerprint density at radius 2 is 1.87 bits per heavy atom. The number of amides is 2. The zero-order valence-electron chi connectivity index (χ0n) is 18.3. The number of carbonyl (C=O) groups excluding carboxylic acids is 2. The van der Waals surface area contributed by atoms with E-state index in [-0.39, 0.29) is 23.3 Å². The summed E-state index contributed by atoms with van der Waals surface area (Å²) in [5.41, 5.74) is 0.546. The first-order valence-corrected chi connectivity index (χ1v) is 11.6. The molecule has 31 heavy (non-hydrogen) atoms. The third-order valence-corrected chi connectivity index (χ3v) is 6.63. The Morgan fingerprint density at radius 1 is 1.10 bits per heavy atom. The summed E-state index contributed by atoms with van der Waals surface area (Å²) in [5, 5.41) is 0.582. The highest BCUT2D eigenvalue weighted by Gasteiger charge is 2.31. The third kappa shape index (κ3) is 5.14. The molecule has 3 heterocycles. The monoisotopic (exact) mass is 424 g/mol. The Bertz CT molecular complexity index is 994. The van der Waals surface area contributed by atoms with Crippen LogP contribution < -0.4 is 5.56 Å². The molecule has 1 aromatic heterocycles. The average Bonchev–Trinajstić information content (AvgIpc) is 2.79. The van der Waals surface area contributed by atoms with Crippen LogP contribution in [0, 0.1) is 11.8 Å². The quantitative estimate of drug-likeness (QED) is 0.800. The van der Waals surface area contributed by atoms with Gasteiger partial charge in [-0.05, 0) is 50.2 Å². The molecule has 4 rings (SSSR count). The SMILES string of the molecule is CC1CCCN(C(=O)C2CCN(C(=O)CCCc3nc4ccccc4c(=O)[nH]3)CC2)C1. The number of nitrogens with zero attached hydrogens (tertiary/aromatic N) is 3. The van der Waals surface area contributed by atoms with Crippen molar-refractivity contribution in [2.45, 2.75) is 51.9 Å². The second kappa shape index (κ2) is 9.62. The number of aryl methyl sites for hydroxylation is 1. The molecule has 2 fully saturated rings. The van der Waals surface area contributed by atoms with E-state index in [9.17, 15) is 14.4 Å².